The Morgan fingerprint density at radius 2 is 2.20 bits per heavy atom. The molecule has 102 valence electrons. The second kappa shape index (κ2) is 5.43. The number of rotatable bonds is 4. The number of hydrogen-bond donors (Lipinski definition) is 2. The summed E-state index contributed by atoms with van der Waals surface area (Å²) < 4.78 is 2.26. The Hall–Kier alpha value is -2.19. The van der Waals surface area contributed by atoms with Gasteiger partial charge in [0.05, 0.1) is 10.9 Å². The number of halogens is 1. The van der Waals surface area contributed by atoms with Crippen molar-refractivity contribution in [2.75, 3.05) is 11.1 Å². The maximum Gasteiger partial charge on any atom is 0.257 e. The summed E-state index contributed by atoms with van der Waals surface area (Å²) in [6.07, 6.45) is 3.37. The summed E-state index contributed by atoms with van der Waals surface area (Å²) in [5.41, 5.74) is 5.68. The van der Waals surface area contributed by atoms with Crippen LogP contribution in [0.4, 0.5) is 11.9 Å². The van der Waals surface area contributed by atoms with Crippen LogP contribution in [-0.2, 0) is 6.54 Å². The highest BCUT2D eigenvalue weighted by molar-refractivity contribution is 7.16. The maximum atomic E-state index is 5.88. The van der Waals surface area contributed by atoms with Crippen molar-refractivity contribution in [3.63, 3.8) is 0 Å². The van der Waals surface area contributed by atoms with Crippen LogP contribution in [0.15, 0.2) is 30.6 Å². The monoisotopic (exact) mass is 307 g/mol. The number of aromatic nitrogens is 5. The second-order valence-electron chi connectivity index (χ2n) is 3.83. The van der Waals surface area contributed by atoms with Crippen LogP contribution in [0.25, 0.3) is 5.95 Å². The van der Waals surface area contributed by atoms with E-state index in [9.17, 15) is 0 Å². The zero-order chi connectivity index (χ0) is 13.9. The van der Waals surface area contributed by atoms with Crippen LogP contribution in [0.2, 0.25) is 4.34 Å². The van der Waals surface area contributed by atoms with Gasteiger partial charge in [-0.15, -0.1) is 11.3 Å². The van der Waals surface area contributed by atoms with Crippen molar-refractivity contribution in [3.05, 3.63) is 39.8 Å². The van der Waals surface area contributed by atoms with E-state index in [-0.39, 0.29) is 5.95 Å². The van der Waals surface area contributed by atoms with Crippen molar-refractivity contribution in [2.24, 2.45) is 0 Å². The molecule has 3 aromatic heterocycles. The van der Waals surface area contributed by atoms with Gasteiger partial charge in [0, 0.05) is 17.3 Å². The molecular weight excluding hydrogens is 298 g/mol. The summed E-state index contributed by atoms with van der Waals surface area (Å²) in [4.78, 5) is 13.4. The average Bonchev–Trinajstić information content (AvgIpc) is 3.07. The molecule has 0 aromatic carbocycles. The molecule has 3 rings (SSSR count). The number of anilines is 2. The lowest BCUT2D eigenvalue weighted by atomic mass is 10.5. The predicted molar refractivity (Wildman–Crippen MR) is 78.0 cm³/mol. The molecule has 3 heterocycles. The topological polar surface area (TPSA) is 94.5 Å². The largest absolute Gasteiger partial charge is 0.368 e. The number of nitrogens with one attached hydrogen (secondary N) is 1. The molecule has 0 radical (unpaired) electrons. The molecule has 0 aliphatic carbocycles. The summed E-state index contributed by atoms with van der Waals surface area (Å²) in [5, 5.41) is 7.14. The summed E-state index contributed by atoms with van der Waals surface area (Å²) >= 11 is 7.37. The fourth-order valence-corrected chi connectivity index (χ4v) is 2.59. The van der Waals surface area contributed by atoms with Gasteiger partial charge in [0.2, 0.25) is 11.9 Å². The van der Waals surface area contributed by atoms with Crippen LogP contribution in [0, 0.1) is 0 Å². The van der Waals surface area contributed by atoms with Gasteiger partial charge in [-0.2, -0.15) is 20.1 Å². The third kappa shape index (κ3) is 2.86. The van der Waals surface area contributed by atoms with Gasteiger partial charge in [0.25, 0.3) is 5.95 Å². The third-order valence-corrected chi connectivity index (χ3v) is 3.63. The Morgan fingerprint density at radius 1 is 1.30 bits per heavy atom. The Labute approximate surface area is 123 Å². The van der Waals surface area contributed by atoms with E-state index in [1.54, 1.807) is 18.5 Å². The van der Waals surface area contributed by atoms with E-state index in [2.05, 4.69) is 25.4 Å². The normalized spacial score (nSPS) is 10.7. The number of nitrogens with two attached hydrogens (primary N) is 1. The number of nitrogen functional groups attached to an aromatic ring is 1. The van der Waals surface area contributed by atoms with E-state index in [0.717, 1.165) is 9.21 Å². The van der Waals surface area contributed by atoms with Gasteiger partial charge in [-0.3, -0.25) is 0 Å². The molecule has 0 fully saturated rings. The van der Waals surface area contributed by atoms with Crippen molar-refractivity contribution in [3.8, 4) is 5.95 Å². The molecule has 3 N–H and O–H groups in total. The van der Waals surface area contributed by atoms with Crippen LogP contribution in [-0.4, -0.2) is 24.7 Å². The van der Waals surface area contributed by atoms with Gasteiger partial charge in [0.15, 0.2) is 0 Å². The smallest absolute Gasteiger partial charge is 0.257 e. The minimum Gasteiger partial charge on any atom is -0.368 e. The van der Waals surface area contributed by atoms with Crippen LogP contribution >= 0.6 is 22.9 Å². The lowest BCUT2D eigenvalue weighted by Gasteiger charge is -2.06. The van der Waals surface area contributed by atoms with E-state index < -0.39 is 0 Å². The van der Waals surface area contributed by atoms with E-state index in [1.165, 1.54) is 16.0 Å². The van der Waals surface area contributed by atoms with E-state index in [0.29, 0.717) is 18.4 Å². The molecule has 0 spiro atoms. The number of thiophene rings is 1. The summed E-state index contributed by atoms with van der Waals surface area (Å²) in [6, 6.07) is 5.57. The molecule has 20 heavy (non-hydrogen) atoms. The van der Waals surface area contributed by atoms with Gasteiger partial charge in [-0.1, -0.05) is 11.6 Å². The predicted octanol–water partition coefficient (Wildman–Crippen LogP) is 1.97. The maximum absolute atomic E-state index is 5.88. The SMILES string of the molecule is Nc1nc(NCc2ccc(Cl)s2)nc(-n2cccn2)n1. The summed E-state index contributed by atoms with van der Waals surface area (Å²) in [6.45, 7) is 0.569. The molecular formula is C11H10ClN7S. The van der Waals surface area contributed by atoms with Crippen LogP contribution in [0.5, 0.6) is 0 Å². The van der Waals surface area contributed by atoms with Gasteiger partial charge in [-0.05, 0) is 18.2 Å². The highest BCUT2D eigenvalue weighted by atomic mass is 35.5. The molecule has 0 amide bonds. The Balaban J connectivity index is 1.79. The lowest BCUT2D eigenvalue weighted by molar-refractivity contribution is 0.799. The molecule has 0 aliphatic heterocycles. The van der Waals surface area contributed by atoms with Gasteiger partial charge in [0.1, 0.15) is 0 Å². The lowest BCUT2D eigenvalue weighted by Crippen LogP contribution is -2.11. The number of nitrogens with zero attached hydrogens (tertiary/aromatic N) is 5. The van der Waals surface area contributed by atoms with Crippen molar-refractivity contribution >= 4 is 34.8 Å². The minimum atomic E-state index is 0.136. The Bertz CT molecular complexity index is 709. The molecule has 0 bridgehead atoms. The van der Waals surface area contributed by atoms with E-state index in [1.807, 2.05) is 12.1 Å². The van der Waals surface area contributed by atoms with Crippen LogP contribution in [0.3, 0.4) is 0 Å². The molecule has 0 unspecified atom stereocenters. The number of hydrogen-bond acceptors (Lipinski definition) is 7. The van der Waals surface area contributed by atoms with E-state index in [4.69, 9.17) is 17.3 Å². The van der Waals surface area contributed by atoms with Crippen molar-refractivity contribution in [1.29, 1.82) is 0 Å². The molecule has 0 atom stereocenters. The third-order valence-electron chi connectivity index (χ3n) is 2.40. The molecule has 0 saturated carbocycles. The first-order chi connectivity index (χ1) is 9.70. The molecule has 0 aliphatic rings. The Morgan fingerprint density at radius 3 is 2.90 bits per heavy atom. The summed E-state index contributed by atoms with van der Waals surface area (Å²) in [5.74, 6) is 0.902. The zero-order valence-corrected chi connectivity index (χ0v) is 11.8. The fraction of sp³-hybridized carbons (Fsp3) is 0.0909. The minimum absolute atomic E-state index is 0.136. The first-order valence-electron chi connectivity index (χ1n) is 5.70. The Kier molecular flexibility index (Phi) is 3.48. The molecule has 3 aromatic rings. The standard InChI is InChI=1S/C11H10ClN7S/c12-8-3-2-7(20-8)6-14-10-16-9(13)17-11(18-10)19-5-1-4-15-19/h1-5H,6H2,(H3,13,14,16,17,18). The fourth-order valence-electron chi connectivity index (χ4n) is 1.56. The molecule has 7 nitrogen and oxygen atoms in total. The highest BCUT2D eigenvalue weighted by Crippen LogP contribution is 2.21. The first-order valence-corrected chi connectivity index (χ1v) is 6.90. The van der Waals surface area contributed by atoms with Crippen molar-refractivity contribution in [1.82, 2.24) is 24.7 Å². The van der Waals surface area contributed by atoms with Crippen LogP contribution in [0.1, 0.15) is 4.88 Å². The molecule has 9 heteroatoms. The quantitative estimate of drug-likeness (QED) is 0.765. The van der Waals surface area contributed by atoms with Crippen molar-refractivity contribution < 1.29 is 0 Å². The second-order valence-corrected chi connectivity index (χ2v) is 5.63. The van der Waals surface area contributed by atoms with E-state index >= 15 is 0 Å². The molecule has 0 saturated heterocycles. The van der Waals surface area contributed by atoms with Gasteiger partial charge < -0.3 is 11.1 Å². The average molecular weight is 308 g/mol. The zero-order valence-electron chi connectivity index (χ0n) is 10.2. The van der Waals surface area contributed by atoms with Gasteiger partial charge in [-0.25, -0.2) is 4.68 Å². The summed E-state index contributed by atoms with van der Waals surface area (Å²) in [7, 11) is 0. The highest BCUT2D eigenvalue weighted by Gasteiger charge is 2.07. The van der Waals surface area contributed by atoms with Crippen LogP contribution < -0.4 is 11.1 Å². The van der Waals surface area contributed by atoms with Gasteiger partial charge >= 0.3 is 0 Å². The first kappa shape index (κ1) is 12.8. The van der Waals surface area contributed by atoms with Crippen molar-refractivity contribution in [2.45, 2.75) is 6.54 Å².